The summed E-state index contributed by atoms with van der Waals surface area (Å²) in [6.45, 7) is 0.586. The van der Waals surface area contributed by atoms with Crippen molar-refractivity contribution in [3.05, 3.63) is 23.4 Å². The third-order valence-corrected chi connectivity index (χ3v) is 2.32. The van der Waals surface area contributed by atoms with Crippen LogP contribution in [-0.4, -0.2) is 23.0 Å². The van der Waals surface area contributed by atoms with Crippen LogP contribution >= 0.6 is 0 Å². The minimum absolute atomic E-state index is 0.0538. The molecule has 1 fully saturated rings. The summed E-state index contributed by atoms with van der Waals surface area (Å²) in [7, 11) is 0. The summed E-state index contributed by atoms with van der Waals surface area (Å²) in [5.74, 6) is 11.0. The number of aliphatic hydroxyl groups is 1. The van der Waals surface area contributed by atoms with Crippen molar-refractivity contribution >= 4 is 12.2 Å². The highest BCUT2D eigenvalue weighted by molar-refractivity contribution is 5.75. The Balaban J connectivity index is 2.28. The Hall–Kier alpha value is -1.70. The number of rotatable bonds is 4. The summed E-state index contributed by atoms with van der Waals surface area (Å²) >= 11 is 0. The molecule has 0 unspecified atom stereocenters. The predicted octanol–water partition coefficient (Wildman–Crippen LogP) is -0.773. The molecular formula is C9H13N5O2. The molecule has 16 heavy (non-hydrogen) atoms. The van der Waals surface area contributed by atoms with Crippen molar-refractivity contribution in [3.8, 4) is 0 Å². The van der Waals surface area contributed by atoms with Gasteiger partial charge < -0.3 is 15.7 Å². The molecule has 0 spiro atoms. The molecule has 86 valence electrons. The molecule has 7 heteroatoms. The number of nitrogens with zero attached hydrogens (tertiary/aromatic N) is 3. The van der Waals surface area contributed by atoms with Crippen molar-refractivity contribution in [1.29, 1.82) is 0 Å². The van der Waals surface area contributed by atoms with Gasteiger partial charge >= 0.3 is 0 Å². The molecule has 0 aliphatic carbocycles. The number of ether oxygens (including phenoxy) is 1. The second-order valence-corrected chi connectivity index (χ2v) is 3.39. The van der Waals surface area contributed by atoms with E-state index in [9.17, 15) is 5.11 Å². The molecule has 1 atom stereocenters. The highest BCUT2D eigenvalue weighted by atomic mass is 16.6. The number of aliphatic hydroxyl groups excluding tert-OH is 1. The van der Waals surface area contributed by atoms with Crippen LogP contribution in [0.15, 0.2) is 17.4 Å². The van der Waals surface area contributed by atoms with E-state index in [1.54, 1.807) is 12.3 Å². The van der Waals surface area contributed by atoms with Crippen LogP contribution in [0.1, 0.15) is 17.2 Å². The molecule has 2 heterocycles. The quantitative estimate of drug-likeness (QED) is 0.203. The Bertz CT molecular complexity index is 405. The lowest BCUT2D eigenvalue weighted by Gasteiger charge is -2.13. The first-order valence-corrected chi connectivity index (χ1v) is 4.75. The van der Waals surface area contributed by atoms with Crippen molar-refractivity contribution in [1.82, 2.24) is 4.98 Å². The normalized spacial score (nSPS) is 19.0. The van der Waals surface area contributed by atoms with E-state index in [1.165, 1.54) is 11.3 Å². The molecule has 1 aromatic rings. The maximum absolute atomic E-state index is 9.23. The monoisotopic (exact) mass is 223 g/mol. The third-order valence-electron chi connectivity index (χ3n) is 2.32. The summed E-state index contributed by atoms with van der Waals surface area (Å²) in [5.41, 5.74) is 1.64. The van der Waals surface area contributed by atoms with Gasteiger partial charge in [0.25, 0.3) is 0 Å². The summed E-state index contributed by atoms with van der Waals surface area (Å²) in [5, 5.41) is 13.7. The number of epoxide rings is 1. The minimum Gasteiger partial charge on any atom is -0.392 e. The van der Waals surface area contributed by atoms with Crippen LogP contribution in [-0.2, 0) is 11.3 Å². The molecule has 0 aromatic carbocycles. The van der Waals surface area contributed by atoms with Gasteiger partial charge in [0.1, 0.15) is 18.3 Å². The zero-order chi connectivity index (χ0) is 11.5. The number of hydrazone groups is 1. The highest BCUT2D eigenvalue weighted by Gasteiger charge is 2.27. The van der Waals surface area contributed by atoms with E-state index in [0.717, 1.165) is 11.1 Å². The Labute approximate surface area is 92.3 Å². The molecule has 0 bridgehead atoms. The van der Waals surface area contributed by atoms with Crippen molar-refractivity contribution in [2.24, 2.45) is 16.8 Å². The molecule has 1 aromatic heterocycles. The molecule has 0 saturated carbocycles. The van der Waals surface area contributed by atoms with Gasteiger partial charge in [-0.3, -0.25) is 0 Å². The number of hydrogen-bond acceptors (Lipinski definition) is 6. The second kappa shape index (κ2) is 4.44. The van der Waals surface area contributed by atoms with Gasteiger partial charge in [0, 0.05) is 11.8 Å². The zero-order valence-electron chi connectivity index (χ0n) is 8.58. The van der Waals surface area contributed by atoms with Crippen LogP contribution in [0, 0.1) is 0 Å². The van der Waals surface area contributed by atoms with Crippen LogP contribution < -0.4 is 16.7 Å². The third kappa shape index (κ3) is 2.11. The SMILES string of the molecule is N/N=C\N(N)c1cc(CO)c([C@H]2CO2)cn1. The van der Waals surface area contributed by atoms with Crippen molar-refractivity contribution in [2.75, 3.05) is 11.6 Å². The molecule has 1 aliphatic rings. The lowest BCUT2D eigenvalue weighted by Crippen LogP contribution is -2.30. The van der Waals surface area contributed by atoms with Gasteiger partial charge in [-0.15, -0.1) is 0 Å². The Morgan fingerprint density at radius 1 is 1.75 bits per heavy atom. The molecule has 0 radical (unpaired) electrons. The van der Waals surface area contributed by atoms with E-state index in [1.807, 2.05) is 0 Å². The van der Waals surface area contributed by atoms with Gasteiger partial charge in [-0.2, -0.15) is 5.10 Å². The molecule has 5 N–H and O–H groups in total. The molecule has 0 amide bonds. The van der Waals surface area contributed by atoms with Crippen LogP contribution in [0.25, 0.3) is 0 Å². The van der Waals surface area contributed by atoms with Gasteiger partial charge in [0.05, 0.1) is 13.2 Å². The lowest BCUT2D eigenvalue weighted by atomic mass is 10.1. The zero-order valence-corrected chi connectivity index (χ0v) is 8.58. The van der Waals surface area contributed by atoms with E-state index < -0.39 is 0 Å². The second-order valence-electron chi connectivity index (χ2n) is 3.39. The number of pyridine rings is 1. The Kier molecular flexibility index (Phi) is 3.00. The van der Waals surface area contributed by atoms with E-state index in [0.29, 0.717) is 12.4 Å². The summed E-state index contributed by atoms with van der Waals surface area (Å²) in [4.78, 5) is 4.13. The van der Waals surface area contributed by atoms with Gasteiger partial charge in [-0.05, 0) is 11.6 Å². The average Bonchev–Trinajstić information content (AvgIpc) is 3.12. The number of hydrogen-bond donors (Lipinski definition) is 3. The van der Waals surface area contributed by atoms with Crippen molar-refractivity contribution in [2.45, 2.75) is 12.7 Å². The first kappa shape index (κ1) is 10.8. The van der Waals surface area contributed by atoms with E-state index in [2.05, 4.69) is 10.1 Å². The molecular weight excluding hydrogens is 210 g/mol. The topological polar surface area (TPSA) is 113 Å². The predicted molar refractivity (Wildman–Crippen MR) is 58.2 cm³/mol. The van der Waals surface area contributed by atoms with E-state index in [4.69, 9.17) is 16.4 Å². The average molecular weight is 223 g/mol. The molecule has 2 rings (SSSR count). The van der Waals surface area contributed by atoms with Crippen LogP contribution in [0.4, 0.5) is 5.82 Å². The first-order valence-electron chi connectivity index (χ1n) is 4.75. The van der Waals surface area contributed by atoms with Crippen molar-refractivity contribution < 1.29 is 9.84 Å². The van der Waals surface area contributed by atoms with Crippen molar-refractivity contribution in [3.63, 3.8) is 0 Å². The fourth-order valence-electron chi connectivity index (χ4n) is 1.42. The van der Waals surface area contributed by atoms with E-state index >= 15 is 0 Å². The number of hydrazine groups is 1. The Morgan fingerprint density at radius 3 is 3.06 bits per heavy atom. The maximum Gasteiger partial charge on any atom is 0.148 e. The van der Waals surface area contributed by atoms with Gasteiger partial charge in [-0.1, -0.05) is 0 Å². The molecule has 1 saturated heterocycles. The van der Waals surface area contributed by atoms with Gasteiger partial charge in [-0.25, -0.2) is 15.8 Å². The van der Waals surface area contributed by atoms with Gasteiger partial charge in [0.2, 0.25) is 0 Å². The summed E-state index contributed by atoms with van der Waals surface area (Å²) < 4.78 is 5.14. The summed E-state index contributed by atoms with van der Waals surface area (Å²) in [6.07, 6.45) is 2.93. The highest BCUT2D eigenvalue weighted by Crippen LogP contribution is 2.32. The van der Waals surface area contributed by atoms with Crippen LogP contribution in [0.3, 0.4) is 0 Å². The number of anilines is 1. The first-order chi connectivity index (χ1) is 7.76. The standard InChI is InChI=1S/C9H13N5O2/c10-13-5-14(11)9-1-6(3-15)7(2-12-9)8-4-16-8/h1-2,5,8,15H,3-4,10-11H2/b13-5-/t8-/m1/s1. The summed E-state index contributed by atoms with van der Waals surface area (Å²) in [6, 6.07) is 1.68. The fraction of sp³-hybridized carbons (Fsp3) is 0.333. The minimum atomic E-state index is -0.0850. The molecule has 7 nitrogen and oxygen atoms in total. The molecule has 1 aliphatic heterocycles. The lowest BCUT2D eigenvalue weighted by molar-refractivity contribution is 0.279. The number of aromatic nitrogens is 1. The van der Waals surface area contributed by atoms with Crippen LogP contribution in [0.2, 0.25) is 0 Å². The smallest absolute Gasteiger partial charge is 0.148 e. The maximum atomic E-state index is 9.23. The fourth-order valence-corrected chi connectivity index (χ4v) is 1.42. The van der Waals surface area contributed by atoms with Gasteiger partial charge in [0.15, 0.2) is 0 Å². The number of nitrogens with two attached hydrogens (primary N) is 2. The largest absolute Gasteiger partial charge is 0.392 e. The van der Waals surface area contributed by atoms with E-state index in [-0.39, 0.29) is 12.7 Å². The van der Waals surface area contributed by atoms with Crippen LogP contribution in [0.5, 0.6) is 0 Å². The Morgan fingerprint density at radius 2 is 2.50 bits per heavy atom.